The second kappa shape index (κ2) is 5.10. The number of aromatic amines is 1. The van der Waals surface area contributed by atoms with Gasteiger partial charge in [-0.25, -0.2) is 8.70 Å². The van der Waals surface area contributed by atoms with Crippen LogP contribution in [0.15, 0.2) is 24.4 Å². The van der Waals surface area contributed by atoms with Crippen molar-refractivity contribution in [2.45, 2.75) is 36.9 Å². The minimum Gasteiger partial charge on any atom is -0.361 e. The van der Waals surface area contributed by atoms with Crippen LogP contribution in [0.1, 0.15) is 37.2 Å². The number of nitrogens with zero attached hydrogens (tertiary/aromatic N) is 1. The van der Waals surface area contributed by atoms with Crippen molar-refractivity contribution in [3.8, 4) is 0 Å². The van der Waals surface area contributed by atoms with Crippen LogP contribution < -0.4 is 0 Å². The van der Waals surface area contributed by atoms with Gasteiger partial charge in [0.2, 0.25) is 0 Å². The van der Waals surface area contributed by atoms with Gasteiger partial charge in [-0.15, -0.1) is 0 Å². The Labute approximate surface area is 130 Å². The van der Waals surface area contributed by atoms with Crippen molar-refractivity contribution >= 4 is 26.5 Å². The van der Waals surface area contributed by atoms with Crippen molar-refractivity contribution in [2.75, 3.05) is 13.1 Å². The summed E-state index contributed by atoms with van der Waals surface area (Å²) in [5.41, 5.74) is 2.12. The van der Waals surface area contributed by atoms with E-state index in [0.29, 0.717) is 11.2 Å². The average molecular weight is 320 g/mol. The van der Waals surface area contributed by atoms with Gasteiger partial charge in [-0.3, -0.25) is 4.21 Å². The Morgan fingerprint density at radius 2 is 1.95 bits per heavy atom. The number of fused-ring (bicyclic) bond motifs is 1. The monoisotopic (exact) mass is 320 g/mol. The molecule has 2 heterocycles. The van der Waals surface area contributed by atoms with Crippen molar-refractivity contribution in [1.29, 1.82) is 0 Å². The van der Waals surface area contributed by atoms with Crippen LogP contribution in [-0.2, 0) is 9.71 Å². The van der Waals surface area contributed by atoms with E-state index in [9.17, 15) is 8.60 Å². The minimum absolute atomic E-state index is 0.211. The smallest absolute Gasteiger partial charge is 0.125 e. The van der Waals surface area contributed by atoms with E-state index in [2.05, 4.69) is 15.2 Å². The average Bonchev–Trinajstić information content (AvgIpc) is 3.29. The van der Waals surface area contributed by atoms with Crippen LogP contribution >= 0.6 is 0 Å². The van der Waals surface area contributed by atoms with E-state index >= 15 is 0 Å². The summed E-state index contributed by atoms with van der Waals surface area (Å²) in [7, 11) is -2.05. The number of hydrogen-bond acceptors (Lipinski definition) is 1. The van der Waals surface area contributed by atoms with Crippen LogP contribution in [0.5, 0.6) is 0 Å². The first-order chi connectivity index (χ1) is 10.6. The standard InChI is InChI=1S/C17H21FN2OS/c1-22(21,14-3-4-14)20-8-6-12(7-9-20)16-11-19-17-10-13(18)2-5-15(16)17/h2,5,10-12,14,19H,1,3-4,6-9H2. The molecule has 0 amide bonds. The number of rotatable bonds is 3. The van der Waals surface area contributed by atoms with Gasteiger partial charge in [-0.1, -0.05) is 0 Å². The highest BCUT2D eigenvalue weighted by atomic mass is 32.2. The lowest BCUT2D eigenvalue weighted by molar-refractivity contribution is 0.333. The van der Waals surface area contributed by atoms with Crippen LogP contribution in [-0.4, -0.2) is 37.7 Å². The van der Waals surface area contributed by atoms with Crippen molar-refractivity contribution in [3.63, 3.8) is 0 Å². The molecule has 1 aromatic heterocycles. The van der Waals surface area contributed by atoms with E-state index in [-0.39, 0.29) is 5.82 Å². The second-order valence-corrected chi connectivity index (χ2v) is 9.09. The zero-order chi connectivity index (χ0) is 15.3. The van der Waals surface area contributed by atoms with Crippen molar-refractivity contribution in [2.24, 2.45) is 0 Å². The maximum absolute atomic E-state index is 13.3. The summed E-state index contributed by atoms with van der Waals surface area (Å²) in [4.78, 5) is 3.17. The Balaban J connectivity index is 1.53. The third-order valence-corrected chi connectivity index (χ3v) is 7.80. The SMILES string of the molecule is C=S(=O)(C1CC1)N1CCC(c2c[nH]c3cc(F)ccc23)CC1. The number of benzene rings is 1. The largest absolute Gasteiger partial charge is 0.361 e. The Morgan fingerprint density at radius 1 is 1.23 bits per heavy atom. The van der Waals surface area contributed by atoms with Gasteiger partial charge in [0.05, 0.1) is 0 Å². The number of nitrogens with one attached hydrogen (secondary N) is 1. The highest BCUT2D eigenvalue weighted by Gasteiger charge is 2.36. The molecule has 1 aliphatic heterocycles. The van der Waals surface area contributed by atoms with E-state index in [1.807, 2.05) is 12.3 Å². The lowest BCUT2D eigenvalue weighted by Crippen LogP contribution is -2.39. The molecule has 1 saturated heterocycles. The number of piperidine rings is 1. The summed E-state index contributed by atoms with van der Waals surface area (Å²) in [6.45, 7) is 1.69. The molecule has 4 rings (SSSR count). The maximum atomic E-state index is 13.3. The van der Waals surface area contributed by atoms with Gasteiger partial charge in [0, 0.05) is 45.1 Å². The van der Waals surface area contributed by atoms with Crippen LogP contribution in [0.4, 0.5) is 4.39 Å². The van der Waals surface area contributed by atoms with Crippen LogP contribution in [0.25, 0.3) is 10.9 Å². The molecule has 0 radical (unpaired) electrons. The molecule has 1 aromatic carbocycles. The molecular weight excluding hydrogens is 299 g/mol. The number of hydrogen-bond donors (Lipinski definition) is 1. The Hall–Kier alpha value is -1.33. The topological polar surface area (TPSA) is 36.1 Å². The molecule has 5 heteroatoms. The molecule has 0 spiro atoms. The summed E-state index contributed by atoms with van der Waals surface area (Å²) in [5.74, 6) is 4.25. The predicted octanol–water partition coefficient (Wildman–Crippen LogP) is 3.28. The predicted molar refractivity (Wildman–Crippen MR) is 90.1 cm³/mol. The van der Waals surface area contributed by atoms with Crippen LogP contribution in [0.3, 0.4) is 0 Å². The van der Waals surface area contributed by atoms with E-state index < -0.39 is 9.71 Å². The molecule has 1 saturated carbocycles. The molecule has 3 nitrogen and oxygen atoms in total. The van der Waals surface area contributed by atoms with Gasteiger partial charge in [0.25, 0.3) is 0 Å². The molecule has 2 aromatic rings. The number of H-pyrrole nitrogens is 1. The summed E-state index contributed by atoms with van der Waals surface area (Å²) >= 11 is 0. The van der Waals surface area contributed by atoms with Crippen molar-refractivity contribution in [1.82, 2.24) is 9.29 Å². The molecule has 1 N–H and O–H groups in total. The highest BCUT2D eigenvalue weighted by Crippen LogP contribution is 2.37. The van der Waals surface area contributed by atoms with Crippen LogP contribution in [0.2, 0.25) is 0 Å². The van der Waals surface area contributed by atoms with Crippen molar-refractivity contribution in [3.05, 3.63) is 35.8 Å². The normalized spacial score (nSPS) is 23.7. The number of halogens is 1. The molecule has 1 aliphatic carbocycles. The van der Waals surface area contributed by atoms with Gasteiger partial charge in [-0.05, 0) is 61.2 Å². The lowest BCUT2D eigenvalue weighted by atomic mass is 9.90. The fourth-order valence-corrected chi connectivity index (χ4v) is 5.70. The third-order valence-electron chi connectivity index (χ3n) is 5.05. The first-order valence-electron chi connectivity index (χ1n) is 7.93. The van der Waals surface area contributed by atoms with E-state index in [0.717, 1.165) is 49.7 Å². The molecule has 2 aliphatic rings. The fourth-order valence-electron chi connectivity index (χ4n) is 3.58. The lowest BCUT2D eigenvalue weighted by Gasteiger charge is -2.34. The Morgan fingerprint density at radius 3 is 2.64 bits per heavy atom. The quantitative estimate of drug-likeness (QED) is 0.866. The molecular formula is C17H21FN2OS. The summed E-state index contributed by atoms with van der Waals surface area (Å²) in [5, 5.41) is 1.43. The molecule has 1 unspecified atom stereocenters. The zero-order valence-corrected chi connectivity index (χ0v) is 13.4. The zero-order valence-electron chi connectivity index (χ0n) is 12.6. The van der Waals surface area contributed by atoms with E-state index in [1.165, 1.54) is 11.6 Å². The molecule has 2 fully saturated rings. The first-order valence-corrected chi connectivity index (χ1v) is 9.68. The molecule has 0 bridgehead atoms. The first kappa shape index (κ1) is 14.3. The third kappa shape index (κ3) is 2.36. The van der Waals surface area contributed by atoms with E-state index in [4.69, 9.17) is 0 Å². The van der Waals surface area contributed by atoms with Gasteiger partial charge < -0.3 is 4.98 Å². The van der Waals surface area contributed by atoms with E-state index in [1.54, 1.807) is 6.07 Å². The minimum atomic E-state index is -2.05. The van der Waals surface area contributed by atoms with Crippen LogP contribution in [0, 0.1) is 5.82 Å². The van der Waals surface area contributed by atoms with Crippen molar-refractivity contribution < 1.29 is 8.60 Å². The Bertz CT molecular complexity index is 799. The highest BCUT2D eigenvalue weighted by molar-refractivity contribution is 7.99. The van der Waals surface area contributed by atoms with Gasteiger partial charge in [0.15, 0.2) is 0 Å². The Kier molecular flexibility index (Phi) is 3.31. The molecule has 22 heavy (non-hydrogen) atoms. The summed E-state index contributed by atoms with van der Waals surface area (Å²) in [6, 6.07) is 4.92. The van der Waals surface area contributed by atoms with Gasteiger partial charge >= 0.3 is 0 Å². The summed E-state index contributed by atoms with van der Waals surface area (Å²) in [6.07, 6.45) is 6.12. The summed E-state index contributed by atoms with van der Waals surface area (Å²) < 4.78 is 28.1. The second-order valence-electron chi connectivity index (χ2n) is 6.53. The van der Waals surface area contributed by atoms with Gasteiger partial charge in [-0.2, -0.15) is 0 Å². The number of aromatic nitrogens is 1. The molecule has 118 valence electrons. The maximum Gasteiger partial charge on any atom is 0.125 e. The van der Waals surface area contributed by atoms with Gasteiger partial charge in [0.1, 0.15) is 5.82 Å². The molecule has 1 atom stereocenters. The fraction of sp³-hybridized carbons (Fsp3) is 0.471.